The van der Waals surface area contributed by atoms with Gasteiger partial charge in [-0.2, -0.15) is 5.10 Å². The summed E-state index contributed by atoms with van der Waals surface area (Å²) >= 11 is 5.82. The molecule has 1 heterocycles. The maximum Gasteiger partial charge on any atom is 0.227 e. The van der Waals surface area contributed by atoms with E-state index in [2.05, 4.69) is 15.5 Å². The summed E-state index contributed by atoms with van der Waals surface area (Å²) in [6.07, 6.45) is 3.71. The molecule has 3 rings (SSSR count). The minimum atomic E-state index is -0.742. The van der Waals surface area contributed by atoms with E-state index in [-0.39, 0.29) is 18.4 Å². The van der Waals surface area contributed by atoms with Gasteiger partial charge < -0.3 is 10.4 Å². The Labute approximate surface area is 133 Å². The van der Waals surface area contributed by atoms with E-state index in [0.717, 1.165) is 36.1 Å². The Morgan fingerprint density at radius 3 is 3.00 bits per heavy atom. The summed E-state index contributed by atoms with van der Waals surface area (Å²) in [5.41, 5.74) is 2.76. The molecule has 116 valence electrons. The fourth-order valence-electron chi connectivity index (χ4n) is 2.86. The van der Waals surface area contributed by atoms with Crippen LogP contribution < -0.4 is 5.32 Å². The molecule has 1 aromatic carbocycles. The van der Waals surface area contributed by atoms with E-state index in [0.29, 0.717) is 5.02 Å². The molecule has 5 nitrogen and oxygen atoms in total. The predicted octanol–water partition coefficient (Wildman–Crippen LogP) is 2.33. The van der Waals surface area contributed by atoms with Gasteiger partial charge in [-0.1, -0.05) is 23.7 Å². The number of nitrogens with zero attached hydrogens (tertiary/aromatic N) is 1. The minimum Gasteiger partial charge on any atom is -0.387 e. The van der Waals surface area contributed by atoms with Crippen molar-refractivity contribution < 1.29 is 9.90 Å². The van der Waals surface area contributed by atoms with Gasteiger partial charge in [-0.3, -0.25) is 9.89 Å². The molecule has 0 saturated heterocycles. The molecule has 2 unspecified atom stereocenters. The number of fused-ring (bicyclic) bond motifs is 1. The third-order valence-corrected chi connectivity index (χ3v) is 4.34. The van der Waals surface area contributed by atoms with Crippen molar-refractivity contribution in [3.05, 3.63) is 52.3 Å². The molecule has 2 atom stereocenters. The highest BCUT2D eigenvalue weighted by Crippen LogP contribution is 2.30. The predicted molar refractivity (Wildman–Crippen MR) is 83.7 cm³/mol. The van der Waals surface area contributed by atoms with Crippen LogP contribution in [0.25, 0.3) is 0 Å². The third kappa shape index (κ3) is 3.15. The zero-order valence-electron chi connectivity index (χ0n) is 12.1. The number of aryl methyl sites for hydroxylation is 1. The Bertz CT molecular complexity index is 654. The van der Waals surface area contributed by atoms with Crippen molar-refractivity contribution in [3.63, 3.8) is 0 Å². The lowest BCUT2D eigenvalue weighted by molar-refractivity contribution is -0.123. The average Bonchev–Trinajstić information content (AvgIpc) is 3.01. The Balaban J connectivity index is 1.60. The Hall–Kier alpha value is -1.85. The molecule has 22 heavy (non-hydrogen) atoms. The highest BCUT2D eigenvalue weighted by atomic mass is 35.5. The number of carbonyl (C=O) groups excluding carboxylic acids is 1. The number of hydrogen-bond acceptors (Lipinski definition) is 3. The number of benzene rings is 1. The molecule has 1 amide bonds. The van der Waals surface area contributed by atoms with Crippen molar-refractivity contribution in [1.29, 1.82) is 0 Å². The number of aliphatic hydroxyl groups is 1. The van der Waals surface area contributed by atoms with E-state index < -0.39 is 6.10 Å². The maximum absolute atomic E-state index is 12.4. The first-order valence-corrected chi connectivity index (χ1v) is 7.76. The molecule has 0 spiro atoms. The van der Waals surface area contributed by atoms with Gasteiger partial charge in [-0.05, 0) is 37.0 Å². The molecule has 6 heteroatoms. The van der Waals surface area contributed by atoms with E-state index in [4.69, 9.17) is 11.6 Å². The van der Waals surface area contributed by atoms with Crippen LogP contribution in [-0.2, 0) is 11.2 Å². The molecule has 3 N–H and O–H groups in total. The zero-order chi connectivity index (χ0) is 15.5. The number of rotatable bonds is 4. The second-order valence-electron chi connectivity index (χ2n) is 5.56. The van der Waals surface area contributed by atoms with Gasteiger partial charge in [0.2, 0.25) is 5.91 Å². The van der Waals surface area contributed by atoms with Crippen molar-refractivity contribution in [3.8, 4) is 0 Å². The Kier molecular flexibility index (Phi) is 4.45. The van der Waals surface area contributed by atoms with Crippen LogP contribution in [-0.4, -0.2) is 27.8 Å². The summed E-state index contributed by atoms with van der Waals surface area (Å²) in [7, 11) is 0. The van der Waals surface area contributed by atoms with E-state index in [1.54, 1.807) is 30.5 Å². The number of amides is 1. The summed E-state index contributed by atoms with van der Waals surface area (Å²) in [4.78, 5) is 12.4. The average molecular weight is 320 g/mol. The fourth-order valence-corrected chi connectivity index (χ4v) is 2.98. The van der Waals surface area contributed by atoms with Crippen LogP contribution in [0.5, 0.6) is 0 Å². The molecule has 1 aliphatic rings. The topological polar surface area (TPSA) is 78.0 Å². The second-order valence-corrected chi connectivity index (χ2v) is 6.00. The largest absolute Gasteiger partial charge is 0.387 e. The van der Waals surface area contributed by atoms with E-state index >= 15 is 0 Å². The molecule has 0 saturated carbocycles. The van der Waals surface area contributed by atoms with Crippen molar-refractivity contribution in [2.45, 2.75) is 31.3 Å². The van der Waals surface area contributed by atoms with Gasteiger partial charge in [0, 0.05) is 22.8 Å². The lowest BCUT2D eigenvalue weighted by Crippen LogP contribution is -2.34. The molecule has 0 fully saturated rings. The lowest BCUT2D eigenvalue weighted by atomic mass is 9.86. The van der Waals surface area contributed by atoms with Gasteiger partial charge in [0.15, 0.2) is 0 Å². The molecular weight excluding hydrogens is 302 g/mol. The molecule has 1 aromatic heterocycles. The summed E-state index contributed by atoms with van der Waals surface area (Å²) in [5, 5.41) is 20.6. The van der Waals surface area contributed by atoms with Crippen molar-refractivity contribution in [2.24, 2.45) is 0 Å². The van der Waals surface area contributed by atoms with Crippen LogP contribution in [0.4, 0.5) is 0 Å². The van der Waals surface area contributed by atoms with E-state index in [1.165, 1.54) is 0 Å². The van der Waals surface area contributed by atoms with Crippen LogP contribution in [0, 0.1) is 0 Å². The van der Waals surface area contributed by atoms with Gasteiger partial charge in [-0.15, -0.1) is 0 Å². The van der Waals surface area contributed by atoms with Crippen LogP contribution in [0.15, 0.2) is 30.5 Å². The molecule has 0 bridgehead atoms. The normalized spacial score (nSPS) is 18.5. The SMILES string of the molecule is O=C(NCC(O)c1ccc(Cl)cc1)C1CCCc2[nH]ncc21. The first kappa shape index (κ1) is 15.1. The monoisotopic (exact) mass is 319 g/mol. The molecule has 0 radical (unpaired) electrons. The van der Waals surface area contributed by atoms with Crippen molar-refractivity contribution in [2.75, 3.05) is 6.54 Å². The number of aliphatic hydroxyl groups excluding tert-OH is 1. The van der Waals surface area contributed by atoms with Gasteiger partial charge >= 0.3 is 0 Å². The molecule has 1 aliphatic carbocycles. The molecular formula is C16H18ClN3O2. The first-order chi connectivity index (χ1) is 10.6. The Morgan fingerprint density at radius 2 is 2.23 bits per heavy atom. The minimum absolute atomic E-state index is 0.0598. The number of H-pyrrole nitrogens is 1. The van der Waals surface area contributed by atoms with E-state index in [1.807, 2.05) is 0 Å². The summed E-state index contributed by atoms with van der Waals surface area (Å²) < 4.78 is 0. The van der Waals surface area contributed by atoms with Crippen molar-refractivity contribution in [1.82, 2.24) is 15.5 Å². The third-order valence-electron chi connectivity index (χ3n) is 4.09. The zero-order valence-corrected chi connectivity index (χ0v) is 12.8. The number of nitrogens with one attached hydrogen (secondary N) is 2. The number of aromatic amines is 1. The van der Waals surface area contributed by atoms with Crippen LogP contribution in [0.3, 0.4) is 0 Å². The first-order valence-electron chi connectivity index (χ1n) is 7.38. The summed E-state index contributed by atoms with van der Waals surface area (Å²) in [6, 6.07) is 6.96. The standard InChI is InChI=1S/C16H18ClN3O2/c17-11-6-4-10(5-7-11)15(21)9-18-16(22)12-2-1-3-14-13(12)8-19-20-14/h4-8,12,15,21H,1-3,9H2,(H,18,22)(H,19,20). The van der Waals surface area contributed by atoms with Gasteiger partial charge in [0.1, 0.15) is 0 Å². The highest BCUT2D eigenvalue weighted by molar-refractivity contribution is 6.30. The lowest BCUT2D eigenvalue weighted by Gasteiger charge is -2.22. The second kappa shape index (κ2) is 6.50. The van der Waals surface area contributed by atoms with Gasteiger partial charge in [0.25, 0.3) is 0 Å². The highest BCUT2D eigenvalue weighted by Gasteiger charge is 2.28. The number of carbonyl (C=O) groups is 1. The van der Waals surface area contributed by atoms with Crippen molar-refractivity contribution >= 4 is 17.5 Å². The maximum atomic E-state index is 12.4. The molecule has 0 aliphatic heterocycles. The van der Waals surface area contributed by atoms with Crippen LogP contribution in [0.2, 0.25) is 5.02 Å². The van der Waals surface area contributed by atoms with Gasteiger partial charge in [-0.25, -0.2) is 0 Å². The summed E-state index contributed by atoms with van der Waals surface area (Å²) in [6.45, 7) is 0.185. The quantitative estimate of drug-likeness (QED) is 0.809. The summed E-state index contributed by atoms with van der Waals surface area (Å²) in [5.74, 6) is -0.240. The van der Waals surface area contributed by atoms with E-state index in [9.17, 15) is 9.90 Å². The smallest absolute Gasteiger partial charge is 0.227 e. The van der Waals surface area contributed by atoms with Crippen LogP contribution in [0.1, 0.15) is 41.7 Å². The van der Waals surface area contributed by atoms with Gasteiger partial charge in [0.05, 0.1) is 18.2 Å². The van der Waals surface area contributed by atoms with Crippen LogP contribution >= 0.6 is 11.6 Å². The molecule has 2 aromatic rings. The number of aromatic nitrogens is 2. The number of hydrogen-bond donors (Lipinski definition) is 3. The fraction of sp³-hybridized carbons (Fsp3) is 0.375. The number of halogens is 1. The Morgan fingerprint density at radius 1 is 1.45 bits per heavy atom.